The molecule has 0 aromatic carbocycles. The van der Waals surface area contributed by atoms with E-state index < -0.39 is 0 Å². The van der Waals surface area contributed by atoms with Crippen molar-refractivity contribution in [2.75, 3.05) is 19.8 Å². The van der Waals surface area contributed by atoms with E-state index in [9.17, 15) is 4.79 Å². The maximum Gasteiger partial charge on any atom is 0.233 e. The Labute approximate surface area is 121 Å². The molecule has 8 heteroatoms. The molecular formula is C12H19N5O2S. The summed E-state index contributed by atoms with van der Waals surface area (Å²) in [5.41, 5.74) is 0. The summed E-state index contributed by atoms with van der Waals surface area (Å²) in [4.78, 5) is 12.0. The van der Waals surface area contributed by atoms with Crippen molar-refractivity contribution in [1.29, 1.82) is 0 Å². The topological polar surface area (TPSA) is 81.9 Å². The second-order valence-electron chi connectivity index (χ2n) is 5.14. The number of aromatic nitrogens is 4. The summed E-state index contributed by atoms with van der Waals surface area (Å²) in [6.45, 7) is 2.28. The number of tetrazole rings is 1. The van der Waals surface area contributed by atoms with Gasteiger partial charge in [0.25, 0.3) is 0 Å². The van der Waals surface area contributed by atoms with Crippen LogP contribution in [0.1, 0.15) is 38.1 Å². The van der Waals surface area contributed by atoms with Gasteiger partial charge in [-0.05, 0) is 36.1 Å². The molecule has 110 valence electrons. The predicted molar refractivity (Wildman–Crippen MR) is 73.4 cm³/mol. The third-order valence-corrected chi connectivity index (χ3v) is 4.95. The Morgan fingerprint density at radius 1 is 1.25 bits per heavy atom. The minimum atomic E-state index is -0.0814. The number of amides is 1. The van der Waals surface area contributed by atoms with Gasteiger partial charge in [0.05, 0.1) is 11.3 Å². The molecule has 1 unspecified atom stereocenters. The quantitative estimate of drug-likeness (QED) is 0.888. The van der Waals surface area contributed by atoms with E-state index in [2.05, 4.69) is 20.8 Å². The molecule has 0 spiro atoms. The number of nitrogens with one attached hydrogen (secondary N) is 1. The van der Waals surface area contributed by atoms with E-state index in [0.717, 1.165) is 57.0 Å². The largest absolute Gasteiger partial charge is 0.381 e. The number of ether oxygens (including phenoxy) is 1. The molecule has 3 rings (SSSR count). The molecule has 2 saturated heterocycles. The van der Waals surface area contributed by atoms with Gasteiger partial charge in [0.1, 0.15) is 0 Å². The Hall–Kier alpha value is -1.15. The van der Waals surface area contributed by atoms with Gasteiger partial charge in [0, 0.05) is 19.8 Å². The minimum absolute atomic E-state index is 0.0814. The minimum Gasteiger partial charge on any atom is -0.381 e. The molecule has 0 saturated carbocycles. The van der Waals surface area contributed by atoms with Crippen molar-refractivity contribution in [3.05, 3.63) is 0 Å². The lowest BCUT2D eigenvalue weighted by Crippen LogP contribution is -2.31. The van der Waals surface area contributed by atoms with E-state index in [0.29, 0.717) is 0 Å². The predicted octanol–water partition coefficient (Wildman–Crippen LogP) is 0.785. The van der Waals surface area contributed by atoms with Crippen molar-refractivity contribution in [1.82, 2.24) is 25.5 Å². The Morgan fingerprint density at radius 2 is 2.10 bits per heavy atom. The lowest BCUT2D eigenvalue weighted by molar-refractivity contribution is -0.120. The van der Waals surface area contributed by atoms with Gasteiger partial charge in [-0.3, -0.25) is 4.79 Å². The highest BCUT2D eigenvalue weighted by atomic mass is 32.2. The van der Waals surface area contributed by atoms with Crippen LogP contribution in [0.5, 0.6) is 0 Å². The van der Waals surface area contributed by atoms with Crippen LogP contribution in [0.4, 0.5) is 0 Å². The molecule has 1 aromatic heterocycles. The van der Waals surface area contributed by atoms with Crippen LogP contribution in [-0.4, -0.2) is 51.1 Å². The monoisotopic (exact) mass is 297 g/mol. The maximum atomic E-state index is 12.0. The van der Waals surface area contributed by atoms with Crippen molar-refractivity contribution in [3.63, 3.8) is 0 Å². The highest BCUT2D eigenvalue weighted by molar-refractivity contribution is 8.00. The van der Waals surface area contributed by atoms with Crippen molar-refractivity contribution in [2.24, 2.45) is 0 Å². The van der Waals surface area contributed by atoms with Crippen LogP contribution >= 0.6 is 11.8 Å². The van der Waals surface area contributed by atoms with Gasteiger partial charge in [0.15, 0.2) is 0 Å². The van der Waals surface area contributed by atoms with Crippen molar-refractivity contribution >= 4 is 17.7 Å². The van der Waals surface area contributed by atoms with Crippen LogP contribution < -0.4 is 5.32 Å². The SMILES string of the molecule is O=C1NCCCCC1Sc1nnnn1C1CCOCC1. The molecule has 0 aliphatic carbocycles. The van der Waals surface area contributed by atoms with Crippen molar-refractivity contribution in [2.45, 2.75) is 48.6 Å². The lowest BCUT2D eigenvalue weighted by atomic mass is 10.1. The third-order valence-electron chi connectivity index (χ3n) is 3.73. The van der Waals surface area contributed by atoms with Gasteiger partial charge in [-0.1, -0.05) is 18.2 Å². The van der Waals surface area contributed by atoms with Gasteiger partial charge >= 0.3 is 0 Å². The number of carbonyl (C=O) groups is 1. The number of carbonyl (C=O) groups excluding carboxylic acids is 1. The standard InChI is InChI=1S/C12H19N5O2S/c18-11-10(3-1-2-6-13-11)20-12-14-15-16-17(12)9-4-7-19-8-5-9/h9-10H,1-8H2,(H,13,18). The number of hydrogen-bond acceptors (Lipinski definition) is 6. The van der Waals surface area contributed by atoms with Crippen molar-refractivity contribution < 1.29 is 9.53 Å². The van der Waals surface area contributed by atoms with Gasteiger partial charge in [-0.15, -0.1) is 5.10 Å². The van der Waals surface area contributed by atoms with Crippen LogP contribution in [0.15, 0.2) is 5.16 Å². The molecular weight excluding hydrogens is 278 g/mol. The fourth-order valence-electron chi connectivity index (χ4n) is 2.57. The van der Waals surface area contributed by atoms with Crippen LogP contribution in [0.2, 0.25) is 0 Å². The fourth-order valence-corrected chi connectivity index (χ4v) is 3.68. The second-order valence-corrected chi connectivity index (χ2v) is 6.31. The zero-order chi connectivity index (χ0) is 13.8. The van der Waals surface area contributed by atoms with Crippen molar-refractivity contribution in [3.8, 4) is 0 Å². The summed E-state index contributed by atoms with van der Waals surface area (Å²) < 4.78 is 7.23. The first-order chi connectivity index (χ1) is 9.84. The summed E-state index contributed by atoms with van der Waals surface area (Å²) in [6.07, 6.45) is 4.85. The summed E-state index contributed by atoms with van der Waals surface area (Å²) in [5, 5.41) is 15.6. The molecule has 2 aliphatic heterocycles. The first-order valence-electron chi connectivity index (χ1n) is 7.14. The van der Waals surface area contributed by atoms with E-state index in [4.69, 9.17) is 4.74 Å². The number of thioether (sulfide) groups is 1. The molecule has 1 aromatic rings. The Morgan fingerprint density at radius 3 is 2.95 bits per heavy atom. The molecule has 1 atom stereocenters. The third kappa shape index (κ3) is 3.12. The zero-order valence-electron chi connectivity index (χ0n) is 11.3. The smallest absolute Gasteiger partial charge is 0.233 e. The Kier molecular flexibility index (Phi) is 4.51. The summed E-state index contributed by atoms with van der Waals surface area (Å²) in [5.74, 6) is 0.106. The number of hydrogen-bond donors (Lipinski definition) is 1. The van der Waals surface area contributed by atoms with Crippen LogP contribution in [0, 0.1) is 0 Å². The highest BCUT2D eigenvalue weighted by Gasteiger charge is 2.27. The highest BCUT2D eigenvalue weighted by Crippen LogP contribution is 2.30. The molecule has 7 nitrogen and oxygen atoms in total. The van der Waals surface area contributed by atoms with E-state index in [1.165, 1.54) is 11.8 Å². The molecule has 2 fully saturated rings. The zero-order valence-corrected chi connectivity index (χ0v) is 12.1. The average Bonchev–Trinajstić information content (AvgIpc) is 2.85. The normalized spacial score (nSPS) is 25.2. The average molecular weight is 297 g/mol. The second kappa shape index (κ2) is 6.53. The van der Waals surface area contributed by atoms with Gasteiger partial charge < -0.3 is 10.1 Å². The molecule has 3 heterocycles. The van der Waals surface area contributed by atoms with Gasteiger partial charge in [-0.2, -0.15) is 0 Å². The molecule has 0 radical (unpaired) electrons. The maximum absolute atomic E-state index is 12.0. The summed E-state index contributed by atoms with van der Waals surface area (Å²) in [6, 6.07) is 0.287. The van der Waals surface area contributed by atoms with E-state index in [-0.39, 0.29) is 17.2 Å². The molecule has 20 heavy (non-hydrogen) atoms. The van der Waals surface area contributed by atoms with Gasteiger partial charge in [-0.25, -0.2) is 4.68 Å². The lowest BCUT2D eigenvalue weighted by Gasteiger charge is -2.23. The molecule has 1 amide bonds. The summed E-state index contributed by atoms with van der Waals surface area (Å²) in [7, 11) is 0. The Balaban J connectivity index is 1.70. The van der Waals surface area contributed by atoms with E-state index in [1.54, 1.807) is 0 Å². The van der Waals surface area contributed by atoms with E-state index >= 15 is 0 Å². The van der Waals surface area contributed by atoms with E-state index in [1.807, 2.05) is 4.68 Å². The first-order valence-corrected chi connectivity index (χ1v) is 8.02. The molecule has 0 bridgehead atoms. The fraction of sp³-hybridized carbons (Fsp3) is 0.833. The first kappa shape index (κ1) is 13.8. The van der Waals surface area contributed by atoms with Gasteiger partial charge in [0.2, 0.25) is 11.1 Å². The number of nitrogens with zero attached hydrogens (tertiary/aromatic N) is 4. The summed E-state index contributed by atoms with van der Waals surface area (Å²) >= 11 is 1.49. The molecule has 1 N–H and O–H groups in total. The number of rotatable bonds is 3. The van der Waals surface area contributed by atoms with Crippen LogP contribution in [0.25, 0.3) is 0 Å². The van der Waals surface area contributed by atoms with Crippen LogP contribution in [-0.2, 0) is 9.53 Å². The Bertz CT molecular complexity index is 460. The molecule has 2 aliphatic rings. The van der Waals surface area contributed by atoms with Crippen LogP contribution in [0.3, 0.4) is 0 Å².